The summed E-state index contributed by atoms with van der Waals surface area (Å²) in [6.07, 6.45) is 10.8. The number of carbonyl (C=O) groups excluding carboxylic acids is 1. The van der Waals surface area contributed by atoms with Gasteiger partial charge in [0.15, 0.2) is 0 Å². The Kier molecular flexibility index (Phi) is 13.5. The van der Waals surface area contributed by atoms with Crippen LogP contribution in [0.25, 0.3) is 0 Å². The topological polar surface area (TPSA) is 83.5 Å². The van der Waals surface area contributed by atoms with E-state index >= 15 is 0 Å². The van der Waals surface area contributed by atoms with Crippen LogP contribution in [0.2, 0.25) is 0 Å². The van der Waals surface area contributed by atoms with E-state index in [0.29, 0.717) is 6.42 Å². The van der Waals surface area contributed by atoms with Crippen LogP contribution in [0.3, 0.4) is 0 Å². The molecule has 0 saturated carbocycles. The molecule has 0 aliphatic carbocycles. The Labute approximate surface area is 173 Å². The summed E-state index contributed by atoms with van der Waals surface area (Å²) < 4.78 is 37.9. The van der Waals surface area contributed by atoms with E-state index in [4.69, 9.17) is 4.74 Å². The van der Waals surface area contributed by atoms with Crippen LogP contribution in [0, 0.1) is 0 Å². The van der Waals surface area contributed by atoms with Crippen molar-refractivity contribution in [3.8, 4) is 5.75 Å². The summed E-state index contributed by atoms with van der Waals surface area (Å²) in [6, 6.07) is 5.10. The van der Waals surface area contributed by atoms with Gasteiger partial charge in [0.2, 0.25) is 0 Å². The molecule has 0 aliphatic heterocycles. The molecule has 0 N–H and O–H groups in total. The number of rotatable bonds is 12. The standard InChI is InChI=1S/C18H28O5S.Na/c1-2-3-4-5-6-7-8-9-10-14-18(19)23-16-12-11-13-17(15-16)24(20,21)22;/h11-13,15H,2-10,14H2,1H3,(H,20,21,22);/q;+1/p-1. The Morgan fingerprint density at radius 2 is 1.56 bits per heavy atom. The van der Waals surface area contributed by atoms with Crippen LogP contribution in [0.5, 0.6) is 5.75 Å². The minimum atomic E-state index is -4.54. The van der Waals surface area contributed by atoms with Gasteiger partial charge in [-0.1, -0.05) is 64.4 Å². The van der Waals surface area contributed by atoms with Crippen LogP contribution < -0.4 is 34.3 Å². The number of hydrogen-bond acceptors (Lipinski definition) is 5. The number of ether oxygens (including phenoxy) is 1. The maximum atomic E-state index is 11.7. The summed E-state index contributed by atoms with van der Waals surface area (Å²) in [5.41, 5.74) is 0. The fraction of sp³-hybridized carbons (Fsp3) is 0.611. The van der Waals surface area contributed by atoms with E-state index in [2.05, 4.69) is 6.92 Å². The summed E-state index contributed by atoms with van der Waals surface area (Å²) >= 11 is 0. The quantitative estimate of drug-likeness (QED) is 0.181. The first-order valence-electron chi connectivity index (χ1n) is 8.70. The fourth-order valence-electron chi connectivity index (χ4n) is 2.46. The van der Waals surface area contributed by atoms with Crippen molar-refractivity contribution >= 4 is 16.1 Å². The van der Waals surface area contributed by atoms with Gasteiger partial charge in [-0.15, -0.1) is 0 Å². The average molecular weight is 378 g/mol. The van der Waals surface area contributed by atoms with Crippen molar-refractivity contribution in [2.75, 3.05) is 0 Å². The molecule has 0 radical (unpaired) electrons. The zero-order valence-electron chi connectivity index (χ0n) is 15.3. The van der Waals surface area contributed by atoms with Crippen molar-refractivity contribution in [3.63, 3.8) is 0 Å². The summed E-state index contributed by atoms with van der Waals surface area (Å²) in [6.45, 7) is 2.20. The molecule has 5 nitrogen and oxygen atoms in total. The first-order chi connectivity index (χ1) is 11.4. The Morgan fingerprint density at radius 3 is 2.12 bits per heavy atom. The van der Waals surface area contributed by atoms with Gasteiger partial charge in [-0.25, -0.2) is 8.42 Å². The third kappa shape index (κ3) is 11.8. The van der Waals surface area contributed by atoms with Gasteiger partial charge in [-0.3, -0.25) is 4.79 Å². The van der Waals surface area contributed by atoms with Gasteiger partial charge in [-0.05, 0) is 24.6 Å². The van der Waals surface area contributed by atoms with Crippen LogP contribution in [0.15, 0.2) is 29.2 Å². The molecule has 0 atom stereocenters. The molecule has 136 valence electrons. The number of unbranched alkanes of at least 4 members (excludes halogenated alkanes) is 8. The number of carbonyl (C=O) groups is 1. The molecule has 0 fully saturated rings. The Balaban J connectivity index is 0.00000576. The molecule has 1 rings (SSSR count). The smallest absolute Gasteiger partial charge is 0.744 e. The minimum absolute atomic E-state index is 0. The Bertz CT molecular complexity index is 601. The van der Waals surface area contributed by atoms with Crippen molar-refractivity contribution in [1.29, 1.82) is 0 Å². The SMILES string of the molecule is CCCCCCCCCCCC(=O)Oc1cccc(S(=O)(=O)[O-])c1.[Na+]. The molecule has 0 aliphatic rings. The first-order valence-corrected chi connectivity index (χ1v) is 10.1. The molecular weight excluding hydrogens is 351 g/mol. The molecule has 0 amide bonds. The molecular formula is C18H27NaO5S. The molecule has 0 aromatic heterocycles. The second kappa shape index (κ2) is 13.8. The van der Waals surface area contributed by atoms with Gasteiger partial charge in [0.25, 0.3) is 0 Å². The van der Waals surface area contributed by atoms with Crippen LogP contribution >= 0.6 is 0 Å². The zero-order valence-corrected chi connectivity index (χ0v) is 18.1. The van der Waals surface area contributed by atoms with Gasteiger partial charge in [0.1, 0.15) is 15.9 Å². The first kappa shape index (κ1) is 24.6. The number of hydrogen-bond donors (Lipinski definition) is 0. The van der Waals surface area contributed by atoms with Gasteiger partial charge < -0.3 is 9.29 Å². The summed E-state index contributed by atoms with van der Waals surface area (Å²) in [7, 11) is -4.54. The Morgan fingerprint density at radius 1 is 1.00 bits per heavy atom. The van der Waals surface area contributed by atoms with E-state index in [1.165, 1.54) is 56.7 Å². The van der Waals surface area contributed by atoms with Crippen molar-refractivity contribution in [3.05, 3.63) is 24.3 Å². The second-order valence-corrected chi connectivity index (χ2v) is 7.36. The molecule has 0 saturated heterocycles. The Hall–Kier alpha value is -0.400. The monoisotopic (exact) mass is 378 g/mol. The normalized spacial score (nSPS) is 11.0. The van der Waals surface area contributed by atoms with Gasteiger partial charge in [0.05, 0.1) is 4.90 Å². The third-order valence-corrected chi connectivity index (χ3v) is 4.64. The molecule has 0 heterocycles. The van der Waals surface area contributed by atoms with E-state index in [0.717, 1.165) is 25.3 Å². The van der Waals surface area contributed by atoms with Crippen molar-refractivity contribution < 1.29 is 52.1 Å². The zero-order chi connectivity index (χ0) is 17.8. The van der Waals surface area contributed by atoms with Crippen molar-refractivity contribution in [1.82, 2.24) is 0 Å². The van der Waals surface area contributed by atoms with E-state index in [-0.39, 0.29) is 35.3 Å². The summed E-state index contributed by atoms with van der Waals surface area (Å²) in [5.74, 6) is -0.314. The van der Waals surface area contributed by atoms with Crippen LogP contribution in [-0.2, 0) is 14.9 Å². The average Bonchev–Trinajstić information content (AvgIpc) is 2.53. The summed E-state index contributed by atoms with van der Waals surface area (Å²) in [5, 5.41) is 0. The molecule has 1 aromatic carbocycles. The molecule has 25 heavy (non-hydrogen) atoms. The van der Waals surface area contributed by atoms with E-state index < -0.39 is 21.0 Å². The van der Waals surface area contributed by atoms with E-state index in [1.807, 2.05) is 0 Å². The molecule has 7 heteroatoms. The van der Waals surface area contributed by atoms with Crippen molar-refractivity contribution in [2.24, 2.45) is 0 Å². The largest absolute Gasteiger partial charge is 1.00 e. The summed E-state index contributed by atoms with van der Waals surface area (Å²) in [4.78, 5) is 11.3. The number of benzene rings is 1. The van der Waals surface area contributed by atoms with Crippen molar-refractivity contribution in [2.45, 2.75) is 76.0 Å². The predicted molar refractivity (Wildman–Crippen MR) is 91.9 cm³/mol. The third-order valence-electron chi connectivity index (χ3n) is 3.81. The van der Waals surface area contributed by atoms with Crippen LogP contribution in [0.1, 0.15) is 71.1 Å². The van der Waals surface area contributed by atoms with Crippen LogP contribution in [0.4, 0.5) is 0 Å². The second-order valence-electron chi connectivity index (χ2n) is 5.98. The molecule has 0 unspecified atom stereocenters. The fourth-order valence-corrected chi connectivity index (χ4v) is 2.96. The number of esters is 1. The maximum Gasteiger partial charge on any atom is 1.00 e. The van der Waals surface area contributed by atoms with Gasteiger partial charge in [0, 0.05) is 6.42 Å². The predicted octanol–water partition coefficient (Wildman–Crippen LogP) is 1.42. The molecule has 1 aromatic rings. The van der Waals surface area contributed by atoms with Crippen LogP contribution in [-0.4, -0.2) is 18.9 Å². The maximum absolute atomic E-state index is 11.7. The van der Waals surface area contributed by atoms with E-state index in [1.54, 1.807) is 0 Å². The molecule has 0 bridgehead atoms. The minimum Gasteiger partial charge on any atom is -0.744 e. The van der Waals surface area contributed by atoms with Gasteiger partial charge >= 0.3 is 35.5 Å². The molecule has 0 spiro atoms. The van der Waals surface area contributed by atoms with E-state index in [9.17, 15) is 17.8 Å². The van der Waals surface area contributed by atoms with Gasteiger partial charge in [-0.2, -0.15) is 0 Å².